The van der Waals surface area contributed by atoms with E-state index in [-0.39, 0.29) is 5.91 Å². The van der Waals surface area contributed by atoms with E-state index in [4.69, 9.17) is 0 Å². The first-order valence-corrected chi connectivity index (χ1v) is 8.12. The minimum Gasteiger partial charge on any atom is -0.355 e. The Labute approximate surface area is 129 Å². The first-order valence-electron chi connectivity index (χ1n) is 7.14. The van der Waals surface area contributed by atoms with Crippen LogP contribution in [0.2, 0.25) is 0 Å². The van der Waals surface area contributed by atoms with Crippen molar-refractivity contribution in [1.29, 1.82) is 0 Å². The summed E-state index contributed by atoms with van der Waals surface area (Å²) in [6.07, 6.45) is 3.58. The lowest BCUT2D eigenvalue weighted by Crippen LogP contribution is -2.25. The van der Waals surface area contributed by atoms with Gasteiger partial charge >= 0.3 is 0 Å². The standard InChI is InChI=1S/C15H20N4OS/c1-3-9-16-14(20)10-21-15-18-17-11-19(15)13-8-6-5-7-12(13)4-2/h5-8,11H,3-4,9-10H2,1-2H3,(H,16,20). The van der Waals surface area contributed by atoms with Crippen molar-refractivity contribution < 1.29 is 4.79 Å². The van der Waals surface area contributed by atoms with Crippen molar-refractivity contribution in [3.63, 3.8) is 0 Å². The Hall–Kier alpha value is -1.82. The van der Waals surface area contributed by atoms with E-state index < -0.39 is 0 Å². The Morgan fingerprint density at radius 2 is 2.14 bits per heavy atom. The molecule has 2 rings (SSSR count). The predicted octanol–water partition coefficient (Wildman–Crippen LogP) is 2.45. The normalized spacial score (nSPS) is 10.6. The minimum absolute atomic E-state index is 0.0279. The first-order chi connectivity index (χ1) is 10.3. The van der Waals surface area contributed by atoms with Crippen LogP contribution in [0.3, 0.4) is 0 Å². The molecule has 0 aliphatic rings. The van der Waals surface area contributed by atoms with Gasteiger partial charge in [-0.2, -0.15) is 0 Å². The summed E-state index contributed by atoms with van der Waals surface area (Å²) in [5.74, 6) is 0.382. The Kier molecular flexibility index (Phi) is 5.80. The Balaban J connectivity index is 2.10. The third-order valence-corrected chi connectivity index (χ3v) is 4.00. The summed E-state index contributed by atoms with van der Waals surface area (Å²) in [5.41, 5.74) is 2.30. The van der Waals surface area contributed by atoms with E-state index in [0.29, 0.717) is 12.3 Å². The van der Waals surface area contributed by atoms with Crippen molar-refractivity contribution in [3.05, 3.63) is 36.2 Å². The van der Waals surface area contributed by atoms with E-state index in [0.717, 1.165) is 23.7 Å². The average molecular weight is 304 g/mol. The molecule has 0 radical (unpaired) electrons. The summed E-state index contributed by atoms with van der Waals surface area (Å²) >= 11 is 1.40. The van der Waals surface area contributed by atoms with Gasteiger partial charge in [0.15, 0.2) is 5.16 Å². The number of amides is 1. The predicted molar refractivity (Wildman–Crippen MR) is 84.8 cm³/mol. The number of benzene rings is 1. The third-order valence-electron chi connectivity index (χ3n) is 3.05. The molecule has 1 heterocycles. The zero-order valence-electron chi connectivity index (χ0n) is 12.4. The van der Waals surface area contributed by atoms with Gasteiger partial charge in [0, 0.05) is 6.54 Å². The van der Waals surface area contributed by atoms with Gasteiger partial charge in [0.25, 0.3) is 0 Å². The second kappa shape index (κ2) is 7.83. The maximum atomic E-state index is 11.7. The van der Waals surface area contributed by atoms with E-state index in [1.165, 1.54) is 17.3 Å². The van der Waals surface area contributed by atoms with Crippen molar-refractivity contribution >= 4 is 17.7 Å². The van der Waals surface area contributed by atoms with Crippen LogP contribution in [0.25, 0.3) is 5.69 Å². The van der Waals surface area contributed by atoms with E-state index in [1.807, 2.05) is 29.7 Å². The van der Waals surface area contributed by atoms with Crippen molar-refractivity contribution in [1.82, 2.24) is 20.1 Å². The molecule has 6 heteroatoms. The number of hydrogen-bond acceptors (Lipinski definition) is 4. The van der Waals surface area contributed by atoms with Gasteiger partial charge in [-0.05, 0) is 24.5 Å². The quantitative estimate of drug-likeness (QED) is 0.798. The summed E-state index contributed by atoms with van der Waals surface area (Å²) < 4.78 is 1.94. The smallest absolute Gasteiger partial charge is 0.230 e. The number of aryl methyl sites for hydroxylation is 1. The van der Waals surface area contributed by atoms with Gasteiger partial charge in [-0.15, -0.1) is 10.2 Å². The molecule has 0 unspecified atom stereocenters. The van der Waals surface area contributed by atoms with Crippen LogP contribution in [0.1, 0.15) is 25.8 Å². The largest absolute Gasteiger partial charge is 0.355 e. The molecular formula is C15H20N4OS. The highest BCUT2D eigenvalue weighted by Gasteiger charge is 2.11. The summed E-state index contributed by atoms with van der Waals surface area (Å²) in [7, 11) is 0. The number of aromatic nitrogens is 3. The van der Waals surface area contributed by atoms with Gasteiger partial charge in [-0.1, -0.05) is 43.8 Å². The van der Waals surface area contributed by atoms with Gasteiger partial charge < -0.3 is 5.32 Å². The lowest BCUT2D eigenvalue weighted by molar-refractivity contribution is -0.118. The molecule has 2 aromatic rings. The molecule has 1 N–H and O–H groups in total. The number of carbonyl (C=O) groups excluding carboxylic acids is 1. The molecular weight excluding hydrogens is 284 g/mol. The highest BCUT2D eigenvalue weighted by molar-refractivity contribution is 7.99. The summed E-state index contributed by atoms with van der Waals surface area (Å²) in [6, 6.07) is 8.16. The SMILES string of the molecule is CCCNC(=O)CSc1nncn1-c1ccccc1CC. The fourth-order valence-corrected chi connectivity index (χ4v) is 2.73. The summed E-state index contributed by atoms with van der Waals surface area (Å²) in [4.78, 5) is 11.7. The molecule has 0 bridgehead atoms. The summed E-state index contributed by atoms with van der Waals surface area (Å²) in [5, 5.41) is 11.7. The lowest BCUT2D eigenvalue weighted by atomic mass is 10.1. The van der Waals surface area contributed by atoms with E-state index in [9.17, 15) is 4.79 Å². The average Bonchev–Trinajstić information content (AvgIpc) is 2.99. The minimum atomic E-state index is 0.0279. The summed E-state index contributed by atoms with van der Waals surface area (Å²) in [6.45, 7) is 4.87. The molecule has 112 valence electrons. The fourth-order valence-electron chi connectivity index (χ4n) is 1.98. The zero-order valence-corrected chi connectivity index (χ0v) is 13.2. The third kappa shape index (κ3) is 4.07. The monoisotopic (exact) mass is 304 g/mol. The van der Waals surface area contributed by atoms with Crippen LogP contribution in [0.5, 0.6) is 0 Å². The number of rotatable bonds is 7. The molecule has 0 spiro atoms. The van der Waals surface area contributed by atoms with Gasteiger partial charge in [0.05, 0.1) is 11.4 Å². The number of hydrogen-bond donors (Lipinski definition) is 1. The number of nitrogens with one attached hydrogen (secondary N) is 1. The second-order valence-corrected chi connectivity index (χ2v) is 5.55. The molecule has 0 aliphatic heterocycles. The second-order valence-electron chi connectivity index (χ2n) is 4.60. The number of carbonyl (C=O) groups is 1. The molecule has 0 aliphatic carbocycles. The van der Waals surface area contributed by atoms with E-state index in [1.54, 1.807) is 6.33 Å². The van der Waals surface area contributed by atoms with Crippen LogP contribution in [-0.4, -0.2) is 33.0 Å². The number of nitrogens with zero attached hydrogens (tertiary/aromatic N) is 3. The number of para-hydroxylation sites is 1. The molecule has 1 aromatic carbocycles. The number of thioether (sulfide) groups is 1. The Morgan fingerprint density at radius 3 is 2.90 bits per heavy atom. The van der Waals surface area contributed by atoms with Crippen LogP contribution in [0.4, 0.5) is 0 Å². The molecule has 0 fully saturated rings. The van der Waals surface area contributed by atoms with E-state index in [2.05, 4.69) is 28.5 Å². The van der Waals surface area contributed by atoms with Crippen LogP contribution in [0, 0.1) is 0 Å². The molecule has 0 saturated heterocycles. The van der Waals surface area contributed by atoms with Crippen LogP contribution in [-0.2, 0) is 11.2 Å². The first kappa shape index (κ1) is 15.6. The Morgan fingerprint density at radius 1 is 1.33 bits per heavy atom. The molecule has 0 saturated carbocycles. The van der Waals surface area contributed by atoms with Crippen LogP contribution in [0.15, 0.2) is 35.7 Å². The van der Waals surface area contributed by atoms with Gasteiger partial charge in [-0.3, -0.25) is 9.36 Å². The molecule has 21 heavy (non-hydrogen) atoms. The van der Waals surface area contributed by atoms with Gasteiger partial charge in [0.2, 0.25) is 5.91 Å². The fraction of sp³-hybridized carbons (Fsp3) is 0.400. The topological polar surface area (TPSA) is 59.8 Å². The molecule has 5 nitrogen and oxygen atoms in total. The van der Waals surface area contributed by atoms with Crippen LogP contribution >= 0.6 is 11.8 Å². The highest BCUT2D eigenvalue weighted by Crippen LogP contribution is 2.22. The highest BCUT2D eigenvalue weighted by atomic mass is 32.2. The molecule has 1 aromatic heterocycles. The van der Waals surface area contributed by atoms with Crippen molar-refractivity contribution in [2.75, 3.05) is 12.3 Å². The zero-order chi connectivity index (χ0) is 15.1. The van der Waals surface area contributed by atoms with Gasteiger partial charge in [-0.25, -0.2) is 0 Å². The van der Waals surface area contributed by atoms with Crippen molar-refractivity contribution in [3.8, 4) is 5.69 Å². The molecule has 1 amide bonds. The molecule has 0 atom stereocenters. The Bertz CT molecular complexity index is 597. The van der Waals surface area contributed by atoms with Crippen molar-refractivity contribution in [2.45, 2.75) is 31.8 Å². The van der Waals surface area contributed by atoms with Gasteiger partial charge in [0.1, 0.15) is 6.33 Å². The maximum absolute atomic E-state index is 11.7. The van der Waals surface area contributed by atoms with Crippen molar-refractivity contribution in [2.24, 2.45) is 0 Å². The maximum Gasteiger partial charge on any atom is 0.230 e. The lowest BCUT2D eigenvalue weighted by Gasteiger charge is -2.10. The van der Waals surface area contributed by atoms with Crippen LogP contribution < -0.4 is 5.32 Å². The van der Waals surface area contributed by atoms with E-state index >= 15 is 0 Å².